The van der Waals surface area contributed by atoms with E-state index in [0.717, 1.165) is 0 Å². The number of rotatable bonds is 6. The third-order valence-corrected chi connectivity index (χ3v) is 3.24. The molecule has 1 heterocycles. The van der Waals surface area contributed by atoms with Gasteiger partial charge in [-0.1, -0.05) is 18.2 Å². The highest BCUT2D eigenvalue weighted by Crippen LogP contribution is 2.09. The molecule has 0 aliphatic rings. The average molecular weight is 279 g/mol. The summed E-state index contributed by atoms with van der Waals surface area (Å²) in [6, 6.07) is 6.57. The molecule has 0 atom stereocenters. The predicted octanol–water partition coefficient (Wildman–Crippen LogP) is 2.05. The number of halogens is 1. The van der Waals surface area contributed by atoms with Crippen LogP contribution in [-0.2, 0) is 11.2 Å². The maximum absolute atomic E-state index is 13.3. The molecule has 4 nitrogen and oxygen atoms in total. The van der Waals surface area contributed by atoms with Crippen molar-refractivity contribution in [2.24, 2.45) is 0 Å². The maximum Gasteiger partial charge on any atom is 0.239 e. The molecule has 0 radical (unpaired) electrons. The van der Waals surface area contributed by atoms with E-state index < -0.39 is 0 Å². The van der Waals surface area contributed by atoms with Gasteiger partial charge in [0.25, 0.3) is 0 Å². The standard InChI is InChI=1S/C13H14FN3OS/c14-11-4-2-1-3-10(11)5-6-15-12(18)9-17-13-16-7-8-19-13/h1-4,7-8H,5-6,9H2,(H,15,18)(H,16,17). The van der Waals surface area contributed by atoms with Gasteiger partial charge < -0.3 is 10.6 Å². The van der Waals surface area contributed by atoms with E-state index in [-0.39, 0.29) is 18.3 Å². The quantitative estimate of drug-likeness (QED) is 0.851. The number of nitrogens with zero attached hydrogens (tertiary/aromatic N) is 1. The summed E-state index contributed by atoms with van der Waals surface area (Å²) in [5, 5.41) is 8.18. The van der Waals surface area contributed by atoms with Crippen LogP contribution >= 0.6 is 11.3 Å². The Balaban J connectivity index is 1.68. The molecule has 1 aromatic heterocycles. The summed E-state index contributed by atoms with van der Waals surface area (Å²) in [4.78, 5) is 15.5. The van der Waals surface area contributed by atoms with Gasteiger partial charge in [0.05, 0.1) is 6.54 Å². The molecule has 0 bridgehead atoms. The number of aromatic nitrogens is 1. The lowest BCUT2D eigenvalue weighted by molar-refractivity contribution is -0.119. The van der Waals surface area contributed by atoms with Crippen LogP contribution in [0.2, 0.25) is 0 Å². The Hall–Kier alpha value is -1.95. The van der Waals surface area contributed by atoms with Crippen molar-refractivity contribution in [2.45, 2.75) is 6.42 Å². The summed E-state index contributed by atoms with van der Waals surface area (Å²) < 4.78 is 13.3. The van der Waals surface area contributed by atoms with Gasteiger partial charge in [0.1, 0.15) is 5.82 Å². The second kappa shape index (κ2) is 6.84. The van der Waals surface area contributed by atoms with Crippen molar-refractivity contribution in [3.05, 3.63) is 47.2 Å². The Morgan fingerprint density at radius 1 is 1.37 bits per heavy atom. The minimum Gasteiger partial charge on any atom is -0.354 e. The third-order valence-electron chi connectivity index (χ3n) is 2.51. The minimum absolute atomic E-state index is 0.133. The highest BCUT2D eigenvalue weighted by molar-refractivity contribution is 7.13. The first-order valence-electron chi connectivity index (χ1n) is 5.89. The van der Waals surface area contributed by atoms with Crippen LogP contribution < -0.4 is 10.6 Å². The molecule has 1 aromatic carbocycles. The first kappa shape index (κ1) is 13.5. The first-order valence-corrected chi connectivity index (χ1v) is 6.77. The molecule has 0 fully saturated rings. The maximum atomic E-state index is 13.3. The Morgan fingerprint density at radius 2 is 2.21 bits per heavy atom. The normalized spacial score (nSPS) is 10.2. The lowest BCUT2D eigenvalue weighted by atomic mass is 10.1. The van der Waals surface area contributed by atoms with Gasteiger partial charge in [-0.25, -0.2) is 9.37 Å². The van der Waals surface area contributed by atoms with Crippen molar-refractivity contribution >= 4 is 22.4 Å². The van der Waals surface area contributed by atoms with Crippen LogP contribution in [0.1, 0.15) is 5.56 Å². The van der Waals surface area contributed by atoms with Gasteiger partial charge in [0, 0.05) is 18.1 Å². The van der Waals surface area contributed by atoms with E-state index in [1.54, 1.807) is 24.4 Å². The van der Waals surface area contributed by atoms with Crippen LogP contribution in [0.4, 0.5) is 9.52 Å². The summed E-state index contributed by atoms with van der Waals surface area (Å²) in [7, 11) is 0. The summed E-state index contributed by atoms with van der Waals surface area (Å²) in [6.45, 7) is 0.587. The van der Waals surface area contributed by atoms with E-state index in [4.69, 9.17) is 0 Å². The van der Waals surface area contributed by atoms with Crippen LogP contribution in [0.15, 0.2) is 35.8 Å². The average Bonchev–Trinajstić information content (AvgIpc) is 2.92. The predicted molar refractivity (Wildman–Crippen MR) is 73.7 cm³/mol. The van der Waals surface area contributed by atoms with Crippen molar-refractivity contribution in [1.29, 1.82) is 0 Å². The lowest BCUT2D eigenvalue weighted by Crippen LogP contribution is -2.31. The van der Waals surface area contributed by atoms with Crippen LogP contribution in [0, 0.1) is 5.82 Å². The summed E-state index contributed by atoms with van der Waals surface area (Å²) in [6.07, 6.45) is 2.15. The van der Waals surface area contributed by atoms with Gasteiger partial charge in [0.15, 0.2) is 5.13 Å². The number of thiazole rings is 1. The lowest BCUT2D eigenvalue weighted by Gasteiger charge is -2.06. The molecule has 0 unspecified atom stereocenters. The molecular weight excluding hydrogens is 265 g/mol. The molecular formula is C13H14FN3OS. The third kappa shape index (κ3) is 4.33. The van der Waals surface area contributed by atoms with Gasteiger partial charge in [-0.15, -0.1) is 11.3 Å². The number of benzene rings is 1. The van der Waals surface area contributed by atoms with Crippen molar-refractivity contribution in [3.8, 4) is 0 Å². The molecule has 2 rings (SSSR count). The van der Waals surface area contributed by atoms with E-state index >= 15 is 0 Å². The number of nitrogens with one attached hydrogen (secondary N) is 2. The Kier molecular flexibility index (Phi) is 4.85. The fourth-order valence-corrected chi connectivity index (χ4v) is 2.09. The van der Waals surface area contributed by atoms with Crippen molar-refractivity contribution < 1.29 is 9.18 Å². The van der Waals surface area contributed by atoms with Crippen molar-refractivity contribution in [3.63, 3.8) is 0 Å². The van der Waals surface area contributed by atoms with Crippen molar-refractivity contribution in [1.82, 2.24) is 10.3 Å². The minimum atomic E-state index is -0.238. The van der Waals surface area contributed by atoms with E-state index in [2.05, 4.69) is 15.6 Å². The second-order valence-corrected chi connectivity index (χ2v) is 4.78. The molecule has 1 amide bonds. The molecule has 0 saturated carbocycles. The summed E-state index contributed by atoms with van der Waals surface area (Å²) in [5.74, 6) is -0.371. The molecule has 0 spiro atoms. The van der Waals surface area contributed by atoms with Crippen LogP contribution in [0.3, 0.4) is 0 Å². The zero-order valence-electron chi connectivity index (χ0n) is 10.2. The molecule has 0 saturated heterocycles. The molecule has 100 valence electrons. The number of hydrogen-bond donors (Lipinski definition) is 2. The smallest absolute Gasteiger partial charge is 0.239 e. The number of anilines is 1. The van der Waals surface area contributed by atoms with E-state index in [9.17, 15) is 9.18 Å². The zero-order valence-corrected chi connectivity index (χ0v) is 11.0. The number of carbonyl (C=O) groups is 1. The van der Waals surface area contributed by atoms with Crippen molar-refractivity contribution in [2.75, 3.05) is 18.4 Å². The Labute approximate surface area is 114 Å². The van der Waals surface area contributed by atoms with E-state index in [1.807, 2.05) is 5.38 Å². The topological polar surface area (TPSA) is 54.0 Å². The number of amides is 1. The number of hydrogen-bond acceptors (Lipinski definition) is 4. The van der Waals surface area contributed by atoms with E-state index in [0.29, 0.717) is 23.7 Å². The van der Waals surface area contributed by atoms with Gasteiger partial charge in [-0.3, -0.25) is 4.79 Å². The molecule has 2 aromatic rings. The van der Waals surface area contributed by atoms with Crippen LogP contribution in [0.25, 0.3) is 0 Å². The SMILES string of the molecule is O=C(CNc1nccs1)NCCc1ccccc1F. The van der Waals surface area contributed by atoms with Gasteiger partial charge in [-0.2, -0.15) is 0 Å². The molecule has 0 aliphatic heterocycles. The Morgan fingerprint density at radius 3 is 2.95 bits per heavy atom. The monoisotopic (exact) mass is 279 g/mol. The summed E-state index contributed by atoms with van der Waals surface area (Å²) >= 11 is 1.44. The van der Waals surface area contributed by atoms with Crippen LogP contribution in [-0.4, -0.2) is 24.0 Å². The van der Waals surface area contributed by atoms with E-state index in [1.165, 1.54) is 17.4 Å². The Bertz CT molecular complexity index is 530. The molecule has 6 heteroatoms. The second-order valence-electron chi connectivity index (χ2n) is 3.88. The molecule has 0 aliphatic carbocycles. The highest BCUT2D eigenvalue weighted by atomic mass is 32.1. The fraction of sp³-hybridized carbons (Fsp3) is 0.231. The zero-order chi connectivity index (χ0) is 13.5. The van der Waals surface area contributed by atoms with Gasteiger partial charge in [-0.05, 0) is 18.1 Å². The molecule has 19 heavy (non-hydrogen) atoms. The highest BCUT2D eigenvalue weighted by Gasteiger charge is 2.04. The number of carbonyl (C=O) groups excluding carboxylic acids is 1. The van der Waals surface area contributed by atoms with Crippen LogP contribution in [0.5, 0.6) is 0 Å². The molecule has 2 N–H and O–H groups in total. The summed E-state index contributed by atoms with van der Waals surface area (Å²) in [5.41, 5.74) is 0.607. The first-order chi connectivity index (χ1) is 9.25. The fourth-order valence-electron chi connectivity index (χ4n) is 1.57. The van der Waals surface area contributed by atoms with Gasteiger partial charge >= 0.3 is 0 Å². The largest absolute Gasteiger partial charge is 0.354 e. The van der Waals surface area contributed by atoms with Gasteiger partial charge in [0.2, 0.25) is 5.91 Å².